The first-order valence-electron chi connectivity index (χ1n) is 10.6. The van der Waals surface area contributed by atoms with Crippen LogP contribution in [0.25, 0.3) is 5.76 Å². The topological polar surface area (TPSA) is 106 Å². The molecule has 0 aliphatic carbocycles. The van der Waals surface area contributed by atoms with Gasteiger partial charge in [-0.1, -0.05) is 53.3 Å². The van der Waals surface area contributed by atoms with Crippen LogP contribution in [-0.4, -0.2) is 41.5 Å². The number of aromatic nitrogens is 1. The van der Waals surface area contributed by atoms with Crippen LogP contribution in [0.3, 0.4) is 0 Å². The van der Waals surface area contributed by atoms with Gasteiger partial charge in [0.25, 0.3) is 5.78 Å². The molecule has 1 fully saturated rings. The van der Waals surface area contributed by atoms with E-state index in [9.17, 15) is 19.5 Å². The van der Waals surface area contributed by atoms with Crippen molar-refractivity contribution in [2.75, 3.05) is 18.6 Å². The molecule has 180 valence electrons. The van der Waals surface area contributed by atoms with Crippen LogP contribution >= 0.6 is 22.9 Å². The van der Waals surface area contributed by atoms with Gasteiger partial charge in [0.15, 0.2) is 5.13 Å². The van der Waals surface area contributed by atoms with Crippen molar-refractivity contribution in [2.24, 2.45) is 0 Å². The van der Waals surface area contributed by atoms with Gasteiger partial charge in [-0.3, -0.25) is 14.5 Å². The smallest absolute Gasteiger partial charge is 0.350 e. The highest BCUT2D eigenvalue weighted by molar-refractivity contribution is 7.17. The first kappa shape index (κ1) is 24.4. The monoisotopic (exact) mass is 512 g/mol. The lowest BCUT2D eigenvalue weighted by molar-refractivity contribution is -0.132. The third-order valence-electron chi connectivity index (χ3n) is 5.44. The van der Waals surface area contributed by atoms with Crippen LogP contribution in [0.15, 0.2) is 54.1 Å². The van der Waals surface area contributed by atoms with Crippen molar-refractivity contribution in [2.45, 2.75) is 19.9 Å². The average molecular weight is 513 g/mol. The van der Waals surface area contributed by atoms with Crippen LogP contribution in [0.2, 0.25) is 5.02 Å². The van der Waals surface area contributed by atoms with Crippen LogP contribution in [0.4, 0.5) is 5.13 Å². The molecule has 2 aromatic carbocycles. The van der Waals surface area contributed by atoms with E-state index < -0.39 is 23.7 Å². The summed E-state index contributed by atoms with van der Waals surface area (Å²) >= 11 is 7.18. The lowest BCUT2D eigenvalue weighted by Crippen LogP contribution is -2.29. The Labute approximate surface area is 210 Å². The summed E-state index contributed by atoms with van der Waals surface area (Å²) in [5, 5.41) is 11.6. The third kappa shape index (κ3) is 4.40. The lowest BCUT2D eigenvalue weighted by atomic mass is 9.95. The quantitative estimate of drug-likeness (QED) is 0.216. The first-order chi connectivity index (χ1) is 16.8. The maximum Gasteiger partial charge on any atom is 0.350 e. The summed E-state index contributed by atoms with van der Waals surface area (Å²) in [4.78, 5) is 44.7. The molecule has 0 radical (unpaired) electrons. The number of carbonyl (C=O) groups excluding carboxylic acids is 3. The first-order valence-corrected chi connectivity index (χ1v) is 11.8. The summed E-state index contributed by atoms with van der Waals surface area (Å²) in [6.45, 7) is 3.50. The summed E-state index contributed by atoms with van der Waals surface area (Å²) in [6, 6.07) is 12.4. The second-order valence-electron chi connectivity index (χ2n) is 7.56. The van der Waals surface area contributed by atoms with Crippen LogP contribution in [-0.2, 0) is 14.3 Å². The summed E-state index contributed by atoms with van der Waals surface area (Å²) in [5.41, 5.74) is 1.09. The minimum Gasteiger partial charge on any atom is -0.507 e. The Morgan fingerprint density at radius 3 is 2.54 bits per heavy atom. The number of aryl methyl sites for hydroxylation is 1. The molecule has 1 atom stereocenters. The molecular formula is C25H21ClN2O6S. The summed E-state index contributed by atoms with van der Waals surface area (Å²) < 4.78 is 10.2. The van der Waals surface area contributed by atoms with Gasteiger partial charge in [0.05, 0.1) is 36.0 Å². The Morgan fingerprint density at radius 1 is 1.20 bits per heavy atom. The second-order valence-corrected chi connectivity index (χ2v) is 8.95. The molecule has 2 heterocycles. The van der Waals surface area contributed by atoms with Crippen molar-refractivity contribution in [3.8, 4) is 5.75 Å². The molecule has 1 saturated heterocycles. The van der Waals surface area contributed by atoms with Gasteiger partial charge in [-0.2, -0.15) is 0 Å². The van der Waals surface area contributed by atoms with Gasteiger partial charge < -0.3 is 14.6 Å². The van der Waals surface area contributed by atoms with Gasteiger partial charge in [-0.15, -0.1) is 0 Å². The number of benzene rings is 2. The Balaban J connectivity index is 1.89. The number of nitrogens with zero attached hydrogens (tertiary/aromatic N) is 2. The number of thiazole rings is 1. The number of hydrogen-bond donors (Lipinski definition) is 1. The van der Waals surface area contributed by atoms with E-state index in [1.165, 1.54) is 18.1 Å². The third-order valence-corrected chi connectivity index (χ3v) is 6.87. The average Bonchev–Trinajstić information content (AvgIpc) is 3.36. The molecule has 8 nitrogen and oxygen atoms in total. The Morgan fingerprint density at radius 2 is 1.91 bits per heavy atom. The fourth-order valence-corrected chi connectivity index (χ4v) is 5.07. The van der Waals surface area contributed by atoms with Gasteiger partial charge in [0, 0.05) is 5.56 Å². The number of ether oxygens (including phenoxy) is 2. The number of rotatable bonds is 6. The van der Waals surface area contributed by atoms with E-state index in [0.717, 1.165) is 11.3 Å². The number of anilines is 1. The van der Waals surface area contributed by atoms with Crippen molar-refractivity contribution in [3.63, 3.8) is 0 Å². The highest BCUT2D eigenvalue weighted by atomic mass is 35.5. The zero-order valence-corrected chi connectivity index (χ0v) is 20.6. The number of hydrogen-bond acceptors (Lipinski definition) is 8. The molecule has 1 N–H and O–H groups in total. The molecule has 1 unspecified atom stereocenters. The zero-order chi connectivity index (χ0) is 25.3. The van der Waals surface area contributed by atoms with Gasteiger partial charge in [0.1, 0.15) is 16.4 Å². The molecule has 0 bridgehead atoms. The van der Waals surface area contributed by atoms with Crippen LogP contribution in [0.1, 0.15) is 39.5 Å². The SMILES string of the molecule is CCOC(=O)c1sc(N2C(=O)C(=O)/C(=C(/O)c3ccc(OC)c(Cl)c3)C2c2ccccc2)nc1C. The van der Waals surface area contributed by atoms with Gasteiger partial charge in [-0.25, -0.2) is 9.78 Å². The lowest BCUT2D eigenvalue weighted by Gasteiger charge is -2.23. The van der Waals surface area contributed by atoms with Gasteiger partial charge >= 0.3 is 11.9 Å². The number of ketones is 1. The van der Waals surface area contributed by atoms with Crippen molar-refractivity contribution < 1.29 is 29.0 Å². The van der Waals surface area contributed by atoms with Crippen LogP contribution < -0.4 is 9.64 Å². The largest absolute Gasteiger partial charge is 0.507 e. The van der Waals surface area contributed by atoms with E-state index in [0.29, 0.717) is 17.0 Å². The van der Waals surface area contributed by atoms with Crippen LogP contribution in [0.5, 0.6) is 5.75 Å². The van der Waals surface area contributed by atoms with Gasteiger partial charge in [0.2, 0.25) is 0 Å². The molecule has 0 saturated carbocycles. The van der Waals surface area contributed by atoms with Crippen molar-refractivity contribution in [3.05, 3.63) is 80.8 Å². The molecule has 1 aliphatic heterocycles. The highest BCUT2D eigenvalue weighted by Gasteiger charge is 2.48. The predicted molar refractivity (Wildman–Crippen MR) is 132 cm³/mol. The molecule has 0 spiro atoms. The van der Waals surface area contributed by atoms with E-state index in [1.54, 1.807) is 56.3 Å². The standard InChI is InChI=1S/C25H21ClN2O6S/c1-4-34-24(32)22-13(2)27-25(35-22)28-19(14-8-6-5-7-9-14)18(21(30)23(28)31)20(29)15-10-11-17(33-3)16(26)12-15/h5-12,19,29H,4H2,1-3H3/b20-18+. The molecule has 1 amide bonds. The number of amides is 1. The Kier molecular flexibility index (Phi) is 6.90. The van der Waals surface area contributed by atoms with E-state index >= 15 is 0 Å². The fraction of sp³-hybridized carbons (Fsp3) is 0.200. The second kappa shape index (κ2) is 9.89. The predicted octanol–water partition coefficient (Wildman–Crippen LogP) is 4.92. The van der Waals surface area contributed by atoms with Crippen molar-refractivity contribution in [1.29, 1.82) is 0 Å². The van der Waals surface area contributed by atoms with Gasteiger partial charge in [-0.05, 0) is 37.6 Å². The Hall–Kier alpha value is -3.69. The minimum absolute atomic E-state index is 0.118. The van der Waals surface area contributed by atoms with E-state index in [4.69, 9.17) is 21.1 Å². The number of esters is 1. The highest BCUT2D eigenvalue weighted by Crippen LogP contribution is 2.44. The zero-order valence-electron chi connectivity index (χ0n) is 19.1. The summed E-state index contributed by atoms with van der Waals surface area (Å²) in [6.07, 6.45) is 0. The van der Waals surface area contributed by atoms with Crippen molar-refractivity contribution >= 4 is 51.5 Å². The number of carbonyl (C=O) groups is 3. The molecule has 1 aliphatic rings. The maximum atomic E-state index is 13.3. The molecule has 3 aromatic rings. The number of aliphatic hydroxyl groups excluding tert-OH is 1. The van der Waals surface area contributed by atoms with Crippen LogP contribution in [0, 0.1) is 6.92 Å². The maximum absolute atomic E-state index is 13.3. The summed E-state index contributed by atoms with van der Waals surface area (Å²) in [7, 11) is 1.46. The number of Topliss-reactive ketones (excluding diaryl/α,β-unsaturated/α-hetero) is 1. The number of aliphatic hydroxyl groups is 1. The van der Waals surface area contributed by atoms with E-state index in [-0.39, 0.29) is 38.5 Å². The molecular weight excluding hydrogens is 492 g/mol. The number of halogens is 1. The molecule has 1 aromatic heterocycles. The normalized spacial score (nSPS) is 17.0. The minimum atomic E-state index is -0.974. The van der Waals surface area contributed by atoms with E-state index in [2.05, 4.69) is 4.98 Å². The summed E-state index contributed by atoms with van der Waals surface area (Å²) in [5.74, 6) is -2.30. The number of methoxy groups -OCH3 is 1. The Bertz CT molecular complexity index is 1350. The van der Waals surface area contributed by atoms with Crippen molar-refractivity contribution in [1.82, 2.24) is 4.98 Å². The fourth-order valence-electron chi connectivity index (χ4n) is 3.82. The molecule has 10 heteroatoms. The molecule has 4 rings (SSSR count). The molecule has 35 heavy (non-hydrogen) atoms. The van der Waals surface area contributed by atoms with E-state index in [1.807, 2.05) is 0 Å².